The lowest BCUT2D eigenvalue weighted by Crippen LogP contribution is -2.32. The number of nitrogens with one attached hydrogen (secondary N) is 1. The van der Waals surface area contributed by atoms with Crippen molar-refractivity contribution in [3.05, 3.63) is 96.5 Å². The van der Waals surface area contributed by atoms with Gasteiger partial charge in [0, 0.05) is 42.0 Å². The number of rotatable bonds is 4. The van der Waals surface area contributed by atoms with Crippen LogP contribution in [0.4, 0.5) is 0 Å². The Morgan fingerprint density at radius 3 is 2.21 bits per heavy atom. The molecule has 1 N–H and O–H groups in total. The first-order chi connectivity index (χ1) is 14.4. The lowest BCUT2D eigenvalue weighted by molar-refractivity contribution is 0.338. The highest BCUT2D eigenvalue weighted by atomic mass is 16.4. The van der Waals surface area contributed by atoms with E-state index in [-0.39, 0.29) is 0 Å². The summed E-state index contributed by atoms with van der Waals surface area (Å²) in [5.74, 6) is 1.94. The Labute approximate surface area is 170 Å². The molecule has 1 fully saturated rings. The van der Waals surface area contributed by atoms with Crippen LogP contribution in [-0.4, -0.2) is 16.5 Å². The van der Waals surface area contributed by atoms with Crippen LogP contribution in [0, 0.1) is 0 Å². The molecule has 0 saturated carbocycles. The van der Waals surface area contributed by atoms with Gasteiger partial charge in [0.25, 0.3) is 0 Å². The first kappa shape index (κ1) is 17.8. The number of hydrogen-bond donors (Lipinski definition) is 1. The molecular weight excluding hydrogens is 358 g/mol. The number of aromatic nitrogens is 2. The van der Waals surface area contributed by atoms with Crippen molar-refractivity contribution in [2.24, 2.45) is 0 Å². The zero-order valence-electron chi connectivity index (χ0n) is 16.2. The third-order valence-corrected chi connectivity index (χ3v) is 5.62. The third-order valence-electron chi connectivity index (χ3n) is 5.62. The Balaban J connectivity index is 1.45. The summed E-state index contributed by atoms with van der Waals surface area (Å²) in [6.45, 7) is 0.876. The Morgan fingerprint density at radius 1 is 0.793 bits per heavy atom. The van der Waals surface area contributed by atoms with Gasteiger partial charge >= 0.3 is 0 Å². The molecule has 0 spiro atoms. The molecule has 4 aromatic rings. The zero-order valence-corrected chi connectivity index (χ0v) is 16.2. The molecule has 0 radical (unpaired) electrons. The molecule has 4 heteroatoms. The van der Waals surface area contributed by atoms with Gasteiger partial charge in [-0.05, 0) is 42.7 Å². The molecule has 29 heavy (non-hydrogen) atoms. The van der Waals surface area contributed by atoms with Crippen molar-refractivity contribution in [3.63, 3.8) is 0 Å². The molecule has 2 aromatic heterocycles. The summed E-state index contributed by atoms with van der Waals surface area (Å²) in [5.41, 5.74) is 4.32. The molecule has 144 valence electrons. The van der Waals surface area contributed by atoms with Crippen LogP contribution >= 0.6 is 0 Å². The van der Waals surface area contributed by atoms with E-state index in [4.69, 9.17) is 9.40 Å². The van der Waals surface area contributed by atoms with Gasteiger partial charge in [-0.3, -0.25) is 4.98 Å². The van der Waals surface area contributed by atoms with Gasteiger partial charge in [0.2, 0.25) is 5.89 Å². The summed E-state index contributed by atoms with van der Waals surface area (Å²) >= 11 is 0. The molecule has 2 atom stereocenters. The van der Waals surface area contributed by atoms with Gasteiger partial charge in [0.1, 0.15) is 11.5 Å². The minimum atomic E-state index is 0.295. The quantitative estimate of drug-likeness (QED) is 0.499. The van der Waals surface area contributed by atoms with Crippen LogP contribution in [0.15, 0.2) is 89.6 Å². The van der Waals surface area contributed by atoms with Crippen LogP contribution in [0.1, 0.15) is 36.1 Å². The summed E-state index contributed by atoms with van der Waals surface area (Å²) in [6.07, 6.45) is 5.75. The van der Waals surface area contributed by atoms with Gasteiger partial charge < -0.3 is 9.73 Å². The molecule has 0 aliphatic carbocycles. The van der Waals surface area contributed by atoms with E-state index in [0.29, 0.717) is 17.9 Å². The molecule has 5 rings (SSSR count). The summed E-state index contributed by atoms with van der Waals surface area (Å²) in [5, 5.41) is 3.71. The van der Waals surface area contributed by atoms with Crippen LogP contribution in [-0.2, 0) is 0 Å². The highest BCUT2D eigenvalue weighted by molar-refractivity contribution is 5.66. The van der Waals surface area contributed by atoms with Crippen molar-refractivity contribution >= 4 is 0 Å². The van der Waals surface area contributed by atoms with E-state index < -0.39 is 0 Å². The highest BCUT2D eigenvalue weighted by Gasteiger charge is 2.29. The molecule has 1 aliphatic heterocycles. The minimum Gasteiger partial charge on any atom is -0.440 e. The summed E-state index contributed by atoms with van der Waals surface area (Å²) in [6, 6.07) is 25.2. The number of oxazole rings is 1. The summed E-state index contributed by atoms with van der Waals surface area (Å²) < 4.78 is 6.36. The highest BCUT2D eigenvalue weighted by Crippen LogP contribution is 2.38. The van der Waals surface area contributed by atoms with Crippen LogP contribution < -0.4 is 5.32 Å². The van der Waals surface area contributed by atoms with E-state index in [1.165, 1.54) is 5.56 Å². The minimum absolute atomic E-state index is 0.295. The van der Waals surface area contributed by atoms with Gasteiger partial charge in [-0.2, -0.15) is 0 Å². The second-order valence-corrected chi connectivity index (χ2v) is 7.48. The van der Waals surface area contributed by atoms with Crippen molar-refractivity contribution in [1.82, 2.24) is 15.3 Å². The number of piperidine rings is 1. The molecule has 0 unspecified atom stereocenters. The van der Waals surface area contributed by atoms with Gasteiger partial charge in [-0.1, -0.05) is 48.5 Å². The molecule has 1 saturated heterocycles. The van der Waals surface area contributed by atoms with E-state index in [1.54, 1.807) is 12.4 Å². The fourth-order valence-electron chi connectivity index (χ4n) is 4.08. The van der Waals surface area contributed by atoms with Crippen molar-refractivity contribution in [2.75, 3.05) is 6.54 Å². The summed E-state index contributed by atoms with van der Waals surface area (Å²) in [4.78, 5) is 9.03. The first-order valence-corrected chi connectivity index (χ1v) is 10.1. The molecular formula is C25H23N3O. The van der Waals surface area contributed by atoms with E-state index in [2.05, 4.69) is 40.6 Å². The maximum absolute atomic E-state index is 6.36. The fourth-order valence-corrected chi connectivity index (χ4v) is 4.08. The smallest absolute Gasteiger partial charge is 0.226 e. The van der Waals surface area contributed by atoms with Crippen molar-refractivity contribution < 1.29 is 4.42 Å². The molecule has 0 amide bonds. The molecule has 0 bridgehead atoms. The normalized spacial score (nSPS) is 19.2. The maximum Gasteiger partial charge on any atom is 0.226 e. The Hall–Kier alpha value is -3.24. The van der Waals surface area contributed by atoms with Gasteiger partial charge in [0.05, 0.1) is 0 Å². The van der Waals surface area contributed by atoms with Crippen LogP contribution in [0.5, 0.6) is 0 Å². The van der Waals surface area contributed by atoms with Crippen LogP contribution in [0.25, 0.3) is 22.7 Å². The average molecular weight is 381 g/mol. The summed E-state index contributed by atoms with van der Waals surface area (Å²) in [7, 11) is 0. The van der Waals surface area contributed by atoms with Crippen LogP contribution in [0.3, 0.4) is 0 Å². The number of pyridine rings is 1. The van der Waals surface area contributed by atoms with Crippen molar-refractivity contribution in [3.8, 4) is 22.7 Å². The fraction of sp³-hybridized carbons (Fsp3) is 0.200. The first-order valence-electron chi connectivity index (χ1n) is 10.1. The maximum atomic E-state index is 6.36. The number of benzene rings is 2. The third kappa shape index (κ3) is 3.71. The molecule has 3 heterocycles. The van der Waals surface area contributed by atoms with Gasteiger partial charge in [0.15, 0.2) is 0 Å². The SMILES string of the molecule is c1ccc(-c2nc(-c3ccncc3)c([C@@H]3CC[C@H](c4ccccc4)NC3)o2)cc1. The predicted octanol–water partition coefficient (Wildman–Crippen LogP) is 5.61. The van der Waals surface area contributed by atoms with Gasteiger partial charge in [-0.15, -0.1) is 0 Å². The predicted molar refractivity (Wildman–Crippen MR) is 114 cm³/mol. The van der Waals surface area contributed by atoms with E-state index >= 15 is 0 Å². The Morgan fingerprint density at radius 2 is 1.52 bits per heavy atom. The lowest BCUT2D eigenvalue weighted by atomic mass is 9.88. The molecule has 1 aliphatic rings. The Kier molecular flexibility index (Phi) is 4.93. The lowest BCUT2D eigenvalue weighted by Gasteiger charge is -2.29. The van der Waals surface area contributed by atoms with E-state index in [9.17, 15) is 0 Å². The zero-order chi connectivity index (χ0) is 19.5. The second-order valence-electron chi connectivity index (χ2n) is 7.48. The topological polar surface area (TPSA) is 51.0 Å². The standard InChI is InChI=1S/C25H23N3O/c1-3-7-18(8-4-1)22-12-11-21(17-27-22)24-23(19-13-15-26-16-14-19)28-25(29-24)20-9-5-2-6-10-20/h1-10,13-16,21-22,27H,11-12,17H2/t21-,22-/m1/s1. The molecule has 2 aromatic carbocycles. The van der Waals surface area contributed by atoms with Crippen LogP contribution in [0.2, 0.25) is 0 Å². The van der Waals surface area contributed by atoms with Crippen molar-refractivity contribution in [2.45, 2.75) is 24.8 Å². The van der Waals surface area contributed by atoms with E-state index in [0.717, 1.165) is 42.0 Å². The molecule has 4 nitrogen and oxygen atoms in total. The number of nitrogens with zero attached hydrogens (tertiary/aromatic N) is 2. The second kappa shape index (κ2) is 8.02. The van der Waals surface area contributed by atoms with Gasteiger partial charge in [-0.25, -0.2) is 4.98 Å². The largest absolute Gasteiger partial charge is 0.440 e. The van der Waals surface area contributed by atoms with Crippen molar-refractivity contribution in [1.29, 1.82) is 0 Å². The Bertz CT molecular complexity index is 1050. The monoisotopic (exact) mass is 381 g/mol. The number of hydrogen-bond acceptors (Lipinski definition) is 4. The van der Waals surface area contributed by atoms with E-state index in [1.807, 2.05) is 42.5 Å². The average Bonchev–Trinajstić information content (AvgIpc) is 3.27.